The third-order valence-electron chi connectivity index (χ3n) is 3.96. The molecule has 0 aliphatic heterocycles. The molecule has 0 saturated carbocycles. The molecule has 0 N–H and O–H groups in total. The van der Waals surface area contributed by atoms with Crippen LogP contribution in [0.1, 0.15) is 20.8 Å². The van der Waals surface area contributed by atoms with Crippen molar-refractivity contribution >= 4 is 50.7 Å². The molecule has 0 aliphatic rings. The van der Waals surface area contributed by atoms with Crippen LogP contribution < -0.4 is 5.56 Å². The Morgan fingerprint density at radius 2 is 2.04 bits per heavy atom. The SMILES string of the molecule is COCCOC(=O)c1sc2ncn(Cc3ccc(Cl)c(Cl)c3)c(=O)c2c1C. The maximum atomic E-state index is 12.9. The van der Waals surface area contributed by atoms with E-state index in [0.717, 1.165) is 16.9 Å². The van der Waals surface area contributed by atoms with Gasteiger partial charge in [-0.15, -0.1) is 11.3 Å². The Hall–Kier alpha value is -1.93. The topological polar surface area (TPSA) is 70.4 Å². The molecule has 0 spiro atoms. The number of aryl methyl sites for hydroxylation is 1. The van der Waals surface area contributed by atoms with Crippen LogP contribution in [0.5, 0.6) is 0 Å². The van der Waals surface area contributed by atoms with Crippen LogP contribution >= 0.6 is 34.5 Å². The number of thiophene rings is 1. The highest BCUT2D eigenvalue weighted by molar-refractivity contribution is 7.20. The number of halogens is 2. The van der Waals surface area contributed by atoms with E-state index in [1.807, 2.05) is 0 Å². The maximum absolute atomic E-state index is 12.9. The smallest absolute Gasteiger partial charge is 0.348 e. The number of aromatic nitrogens is 2. The number of ether oxygens (including phenoxy) is 2. The van der Waals surface area contributed by atoms with Gasteiger partial charge in [0.2, 0.25) is 0 Å². The highest BCUT2D eigenvalue weighted by atomic mass is 35.5. The third kappa shape index (κ3) is 4.16. The third-order valence-corrected chi connectivity index (χ3v) is 5.88. The van der Waals surface area contributed by atoms with Gasteiger partial charge in [0.15, 0.2) is 0 Å². The van der Waals surface area contributed by atoms with Crippen molar-refractivity contribution in [2.75, 3.05) is 20.3 Å². The molecule has 0 aliphatic carbocycles. The second-order valence-corrected chi connectivity index (χ2v) is 7.60. The van der Waals surface area contributed by atoms with Crippen LogP contribution in [0.3, 0.4) is 0 Å². The summed E-state index contributed by atoms with van der Waals surface area (Å²) in [5.41, 5.74) is 1.16. The van der Waals surface area contributed by atoms with Crippen LogP contribution in [0.25, 0.3) is 10.2 Å². The predicted octanol–water partition coefficient (Wildman–Crippen LogP) is 3.92. The lowest BCUT2D eigenvalue weighted by Gasteiger charge is -2.07. The Morgan fingerprint density at radius 1 is 1.26 bits per heavy atom. The fourth-order valence-electron chi connectivity index (χ4n) is 2.58. The average Bonchev–Trinajstić information content (AvgIpc) is 2.98. The van der Waals surface area contributed by atoms with Crippen molar-refractivity contribution < 1.29 is 14.3 Å². The predicted molar refractivity (Wildman–Crippen MR) is 106 cm³/mol. The summed E-state index contributed by atoms with van der Waals surface area (Å²) >= 11 is 13.1. The van der Waals surface area contributed by atoms with Crippen molar-refractivity contribution in [3.63, 3.8) is 0 Å². The first kappa shape index (κ1) is 19.8. The largest absolute Gasteiger partial charge is 0.459 e. The number of esters is 1. The molecule has 0 unspecified atom stereocenters. The number of carbonyl (C=O) groups is 1. The second kappa shape index (κ2) is 8.39. The van der Waals surface area contributed by atoms with Gasteiger partial charge in [-0.25, -0.2) is 9.78 Å². The van der Waals surface area contributed by atoms with Gasteiger partial charge in [0.05, 0.1) is 34.9 Å². The minimum absolute atomic E-state index is 0.151. The summed E-state index contributed by atoms with van der Waals surface area (Å²) in [6.45, 7) is 2.47. The zero-order chi connectivity index (χ0) is 19.6. The first-order valence-electron chi connectivity index (χ1n) is 8.01. The van der Waals surface area contributed by atoms with E-state index in [4.69, 9.17) is 32.7 Å². The monoisotopic (exact) mass is 426 g/mol. The number of hydrogen-bond donors (Lipinski definition) is 0. The minimum atomic E-state index is -0.483. The Bertz CT molecular complexity index is 1060. The van der Waals surface area contributed by atoms with Gasteiger partial charge in [-0.3, -0.25) is 9.36 Å². The zero-order valence-corrected chi connectivity index (χ0v) is 17.0. The van der Waals surface area contributed by atoms with Crippen LogP contribution in [0.15, 0.2) is 29.3 Å². The molecule has 0 fully saturated rings. The fraction of sp³-hybridized carbons (Fsp3) is 0.278. The molecular weight excluding hydrogens is 411 g/mol. The van der Waals surface area contributed by atoms with Crippen molar-refractivity contribution in [1.29, 1.82) is 0 Å². The van der Waals surface area contributed by atoms with Gasteiger partial charge in [0.25, 0.3) is 5.56 Å². The molecule has 0 amide bonds. The first-order valence-corrected chi connectivity index (χ1v) is 9.58. The molecule has 0 saturated heterocycles. The Labute approximate surface area is 169 Å². The van der Waals surface area contributed by atoms with E-state index in [1.54, 1.807) is 25.1 Å². The lowest BCUT2D eigenvalue weighted by atomic mass is 10.2. The van der Waals surface area contributed by atoms with E-state index < -0.39 is 5.97 Å². The Morgan fingerprint density at radius 3 is 2.74 bits per heavy atom. The van der Waals surface area contributed by atoms with E-state index in [0.29, 0.717) is 43.9 Å². The van der Waals surface area contributed by atoms with Crippen molar-refractivity contribution in [3.8, 4) is 0 Å². The number of fused-ring (bicyclic) bond motifs is 1. The lowest BCUT2D eigenvalue weighted by Crippen LogP contribution is -2.21. The molecule has 1 aromatic carbocycles. The van der Waals surface area contributed by atoms with Crippen molar-refractivity contribution in [1.82, 2.24) is 9.55 Å². The molecule has 2 aromatic heterocycles. The van der Waals surface area contributed by atoms with E-state index in [1.165, 1.54) is 18.0 Å². The van der Waals surface area contributed by atoms with Gasteiger partial charge in [0, 0.05) is 7.11 Å². The number of carbonyl (C=O) groups excluding carboxylic acids is 1. The lowest BCUT2D eigenvalue weighted by molar-refractivity contribution is 0.0393. The standard InChI is InChI=1S/C18H16Cl2N2O4S/c1-10-14-16(27-15(10)18(24)26-6-5-25-2)21-9-22(17(14)23)8-11-3-4-12(19)13(20)7-11/h3-4,7,9H,5-6,8H2,1-2H3. The molecule has 3 rings (SSSR count). The summed E-state index contributed by atoms with van der Waals surface area (Å²) < 4.78 is 11.5. The van der Waals surface area contributed by atoms with Gasteiger partial charge in [-0.05, 0) is 30.2 Å². The minimum Gasteiger partial charge on any atom is -0.459 e. The van der Waals surface area contributed by atoms with Gasteiger partial charge in [-0.1, -0.05) is 29.3 Å². The van der Waals surface area contributed by atoms with E-state index in [-0.39, 0.29) is 12.2 Å². The van der Waals surface area contributed by atoms with Crippen LogP contribution in [-0.4, -0.2) is 35.8 Å². The van der Waals surface area contributed by atoms with Gasteiger partial charge < -0.3 is 9.47 Å². The second-order valence-electron chi connectivity index (χ2n) is 5.79. The molecule has 0 bridgehead atoms. The molecule has 2 heterocycles. The quantitative estimate of drug-likeness (QED) is 0.441. The van der Waals surface area contributed by atoms with E-state index >= 15 is 0 Å². The number of methoxy groups -OCH3 is 1. The highest BCUT2D eigenvalue weighted by Gasteiger charge is 2.20. The summed E-state index contributed by atoms with van der Waals surface area (Å²) in [5, 5.41) is 1.29. The summed E-state index contributed by atoms with van der Waals surface area (Å²) in [7, 11) is 1.53. The van der Waals surface area contributed by atoms with Crippen LogP contribution in [0.4, 0.5) is 0 Å². The highest BCUT2D eigenvalue weighted by Crippen LogP contribution is 2.28. The van der Waals surface area contributed by atoms with E-state index in [9.17, 15) is 9.59 Å². The van der Waals surface area contributed by atoms with Crippen molar-refractivity contribution in [3.05, 3.63) is 60.9 Å². The van der Waals surface area contributed by atoms with Crippen LogP contribution in [-0.2, 0) is 16.0 Å². The number of nitrogens with zero attached hydrogens (tertiary/aromatic N) is 2. The van der Waals surface area contributed by atoms with Gasteiger partial charge in [0.1, 0.15) is 16.3 Å². The number of rotatable bonds is 6. The van der Waals surface area contributed by atoms with Gasteiger partial charge >= 0.3 is 5.97 Å². The summed E-state index contributed by atoms with van der Waals surface area (Å²) in [4.78, 5) is 30.3. The summed E-state index contributed by atoms with van der Waals surface area (Å²) in [6.07, 6.45) is 1.46. The fourth-order valence-corrected chi connectivity index (χ4v) is 3.94. The molecule has 9 heteroatoms. The maximum Gasteiger partial charge on any atom is 0.348 e. The van der Waals surface area contributed by atoms with Gasteiger partial charge in [-0.2, -0.15) is 0 Å². The van der Waals surface area contributed by atoms with Crippen LogP contribution in [0, 0.1) is 6.92 Å². The average molecular weight is 427 g/mol. The molecule has 27 heavy (non-hydrogen) atoms. The molecule has 6 nitrogen and oxygen atoms in total. The molecule has 0 radical (unpaired) electrons. The first-order chi connectivity index (χ1) is 12.9. The summed E-state index contributed by atoms with van der Waals surface area (Å²) in [5.74, 6) is -0.483. The summed E-state index contributed by atoms with van der Waals surface area (Å²) in [6, 6.07) is 5.18. The van der Waals surface area contributed by atoms with E-state index in [2.05, 4.69) is 4.98 Å². The normalized spacial score (nSPS) is 11.1. The Kier molecular flexibility index (Phi) is 6.16. The van der Waals surface area contributed by atoms with Crippen LogP contribution in [0.2, 0.25) is 10.0 Å². The molecular formula is C18H16Cl2N2O4S. The van der Waals surface area contributed by atoms with Crippen molar-refractivity contribution in [2.45, 2.75) is 13.5 Å². The zero-order valence-electron chi connectivity index (χ0n) is 14.6. The number of benzene rings is 1. The van der Waals surface area contributed by atoms with Crippen molar-refractivity contribution in [2.24, 2.45) is 0 Å². The Balaban J connectivity index is 1.94. The molecule has 142 valence electrons. The molecule has 3 aromatic rings. The molecule has 0 atom stereocenters. The number of hydrogen-bond acceptors (Lipinski definition) is 6.